The SMILES string of the molecule is CCC(C)C(=O)OCC(=O)OCC(C)(C)[N+](=O)[O-]. The van der Waals surface area contributed by atoms with Crippen molar-refractivity contribution in [1.82, 2.24) is 0 Å². The summed E-state index contributed by atoms with van der Waals surface area (Å²) in [6.45, 7) is 5.31. The lowest BCUT2D eigenvalue weighted by molar-refractivity contribution is -0.563. The summed E-state index contributed by atoms with van der Waals surface area (Å²) >= 11 is 0. The fourth-order valence-electron chi connectivity index (χ4n) is 0.790. The predicted octanol–water partition coefficient (Wildman–Crippen LogP) is 1.17. The van der Waals surface area contributed by atoms with Gasteiger partial charge >= 0.3 is 11.9 Å². The number of hydrogen-bond donors (Lipinski definition) is 0. The van der Waals surface area contributed by atoms with E-state index in [-0.39, 0.29) is 12.5 Å². The molecule has 0 aromatic rings. The minimum atomic E-state index is -1.35. The number of hydrogen-bond acceptors (Lipinski definition) is 6. The highest BCUT2D eigenvalue weighted by molar-refractivity contribution is 5.77. The van der Waals surface area contributed by atoms with E-state index in [4.69, 9.17) is 4.74 Å². The van der Waals surface area contributed by atoms with Gasteiger partial charge in [0.25, 0.3) is 0 Å². The molecule has 18 heavy (non-hydrogen) atoms. The second kappa shape index (κ2) is 6.93. The van der Waals surface area contributed by atoms with E-state index in [1.165, 1.54) is 13.8 Å². The Labute approximate surface area is 106 Å². The molecule has 0 saturated carbocycles. The van der Waals surface area contributed by atoms with E-state index in [9.17, 15) is 19.7 Å². The molecule has 0 fully saturated rings. The van der Waals surface area contributed by atoms with Crippen LogP contribution in [0.15, 0.2) is 0 Å². The molecule has 0 amide bonds. The largest absolute Gasteiger partial charge is 0.456 e. The number of esters is 2. The normalized spacial score (nSPS) is 12.7. The lowest BCUT2D eigenvalue weighted by Crippen LogP contribution is -2.37. The Morgan fingerprint density at radius 3 is 2.33 bits per heavy atom. The van der Waals surface area contributed by atoms with E-state index >= 15 is 0 Å². The number of nitro groups is 1. The summed E-state index contributed by atoms with van der Waals surface area (Å²) in [7, 11) is 0. The first-order valence-corrected chi connectivity index (χ1v) is 5.67. The van der Waals surface area contributed by atoms with E-state index in [1.807, 2.05) is 6.92 Å². The molecule has 0 aromatic heterocycles. The first kappa shape index (κ1) is 16.3. The smallest absolute Gasteiger partial charge is 0.344 e. The Hall–Kier alpha value is -1.66. The van der Waals surface area contributed by atoms with Gasteiger partial charge in [0, 0.05) is 18.8 Å². The molecule has 0 bridgehead atoms. The molecule has 0 N–H and O–H groups in total. The Bertz CT molecular complexity index is 325. The molecule has 104 valence electrons. The van der Waals surface area contributed by atoms with Gasteiger partial charge in [0.1, 0.15) is 0 Å². The molecule has 0 radical (unpaired) electrons. The van der Waals surface area contributed by atoms with Crippen molar-refractivity contribution < 1.29 is 24.0 Å². The van der Waals surface area contributed by atoms with Crippen molar-refractivity contribution in [2.24, 2.45) is 5.92 Å². The van der Waals surface area contributed by atoms with Crippen LogP contribution in [-0.2, 0) is 19.1 Å². The minimum absolute atomic E-state index is 0.284. The molecule has 0 heterocycles. The van der Waals surface area contributed by atoms with Gasteiger partial charge in [-0.05, 0) is 6.42 Å². The summed E-state index contributed by atoms with van der Waals surface area (Å²) in [4.78, 5) is 32.5. The molecule has 7 heteroatoms. The van der Waals surface area contributed by atoms with Crippen LogP contribution < -0.4 is 0 Å². The number of rotatable bonds is 7. The Morgan fingerprint density at radius 2 is 1.89 bits per heavy atom. The van der Waals surface area contributed by atoms with Crippen LogP contribution in [0.4, 0.5) is 0 Å². The average molecular weight is 261 g/mol. The van der Waals surface area contributed by atoms with Crippen molar-refractivity contribution in [2.75, 3.05) is 13.2 Å². The summed E-state index contributed by atoms with van der Waals surface area (Å²) in [5, 5.41) is 10.6. The molecule has 1 atom stereocenters. The number of carbonyl (C=O) groups is 2. The standard InChI is InChI=1S/C11H19NO6/c1-5-8(2)10(14)17-6-9(13)18-7-11(3,4)12(15)16/h8H,5-7H2,1-4H3. The Kier molecular flexibility index (Phi) is 6.29. The van der Waals surface area contributed by atoms with Gasteiger partial charge in [0.2, 0.25) is 5.54 Å². The molecule has 0 spiro atoms. The minimum Gasteiger partial charge on any atom is -0.456 e. The summed E-state index contributed by atoms with van der Waals surface area (Å²) in [6, 6.07) is 0. The third-order valence-electron chi connectivity index (χ3n) is 2.43. The molecule has 0 aromatic carbocycles. The maximum Gasteiger partial charge on any atom is 0.344 e. The first-order valence-electron chi connectivity index (χ1n) is 5.67. The third kappa shape index (κ3) is 5.60. The van der Waals surface area contributed by atoms with Gasteiger partial charge in [-0.25, -0.2) is 4.79 Å². The van der Waals surface area contributed by atoms with Gasteiger partial charge < -0.3 is 9.47 Å². The van der Waals surface area contributed by atoms with Crippen LogP contribution in [0.1, 0.15) is 34.1 Å². The molecule has 0 aliphatic carbocycles. The second-order valence-corrected chi connectivity index (χ2v) is 4.65. The summed E-state index contributed by atoms with van der Waals surface area (Å²) in [5.74, 6) is -1.56. The zero-order valence-electron chi connectivity index (χ0n) is 11.1. The topological polar surface area (TPSA) is 95.7 Å². The fraction of sp³-hybridized carbons (Fsp3) is 0.818. The van der Waals surface area contributed by atoms with E-state index in [2.05, 4.69) is 4.74 Å². The summed E-state index contributed by atoms with van der Waals surface area (Å²) < 4.78 is 9.37. The highest BCUT2D eigenvalue weighted by Gasteiger charge is 2.32. The van der Waals surface area contributed by atoms with E-state index in [1.54, 1.807) is 6.92 Å². The van der Waals surface area contributed by atoms with Gasteiger partial charge in [-0.1, -0.05) is 13.8 Å². The van der Waals surface area contributed by atoms with Crippen molar-refractivity contribution in [2.45, 2.75) is 39.7 Å². The lowest BCUT2D eigenvalue weighted by Gasteiger charge is -2.15. The highest BCUT2D eigenvalue weighted by atomic mass is 16.6. The monoisotopic (exact) mass is 261 g/mol. The van der Waals surface area contributed by atoms with E-state index in [0.29, 0.717) is 6.42 Å². The van der Waals surface area contributed by atoms with Crippen LogP contribution >= 0.6 is 0 Å². The van der Waals surface area contributed by atoms with E-state index in [0.717, 1.165) is 0 Å². The predicted molar refractivity (Wildman–Crippen MR) is 62.4 cm³/mol. The molecule has 0 aliphatic rings. The molecule has 7 nitrogen and oxygen atoms in total. The average Bonchev–Trinajstić information content (AvgIpc) is 2.32. The van der Waals surface area contributed by atoms with Gasteiger partial charge in [-0.15, -0.1) is 0 Å². The second-order valence-electron chi connectivity index (χ2n) is 4.65. The molecule has 0 aliphatic heterocycles. The van der Waals surface area contributed by atoms with Gasteiger partial charge in [0.15, 0.2) is 13.2 Å². The van der Waals surface area contributed by atoms with Crippen molar-refractivity contribution in [3.8, 4) is 0 Å². The van der Waals surface area contributed by atoms with Crippen LogP contribution in [0.3, 0.4) is 0 Å². The van der Waals surface area contributed by atoms with Crippen molar-refractivity contribution in [3.63, 3.8) is 0 Å². The third-order valence-corrected chi connectivity index (χ3v) is 2.43. The van der Waals surface area contributed by atoms with Crippen LogP contribution in [0.5, 0.6) is 0 Å². The van der Waals surface area contributed by atoms with Crippen LogP contribution in [0.2, 0.25) is 0 Å². The van der Waals surface area contributed by atoms with Crippen LogP contribution in [-0.4, -0.2) is 35.6 Å². The zero-order chi connectivity index (χ0) is 14.3. The lowest BCUT2D eigenvalue weighted by atomic mass is 10.1. The summed E-state index contributed by atoms with van der Waals surface area (Å²) in [5.41, 5.74) is -1.35. The highest BCUT2D eigenvalue weighted by Crippen LogP contribution is 2.08. The van der Waals surface area contributed by atoms with Gasteiger partial charge in [0.05, 0.1) is 5.92 Å². The quantitative estimate of drug-likeness (QED) is 0.388. The fourth-order valence-corrected chi connectivity index (χ4v) is 0.790. The first-order chi connectivity index (χ1) is 8.20. The van der Waals surface area contributed by atoms with Crippen LogP contribution in [0.25, 0.3) is 0 Å². The maximum atomic E-state index is 11.2. The zero-order valence-corrected chi connectivity index (χ0v) is 11.1. The van der Waals surface area contributed by atoms with Crippen molar-refractivity contribution in [3.05, 3.63) is 10.1 Å². The van der Waals surface area contributed by atoms with Crippen LogP contribution in [0, 0.1) is 16.0 Å². The number of nitrogens with zero attached hydrogens (tertiary/aromatic N) is 1. The van der Waals surface area contributed by atoms with Gasteiger partial charge in [-0.2, -0.15) is 0 Å². The van der Waals surface area contributed by atoms with Gasteiger partial charge in [-0.3, -0.25) is 14.9 Å². The number of carbonyl (C=O) groups excluding carboxylic acids is 2. The Morgan fingerprint density at radius 1 is 1.33 bits per heavy atom. The maximum absolute atomic E-state index is 11.2. The number of ether oxygens (including phenoxy) is 2. The molecule has 0 saturated heterocycles. The molecule has 1 unspecified atom stereocenters. The van der Waals surface area contributed by atoms with Crippen molar-refractivity contribution >= 4 is 11.9 Å². The Balaban J connectivity index is 4.00. The summed E-state index contributed by atoms with van der Waals surface area (Å²) in [6.07, 6.45) is 0.613. The molecular formula is C11H19NO6. The molecular weight excluding hydrogens is 242 g/mol. The molecule has 0 rings (SSSR count). The van der Waals surface area contributed by atoms with E-state index < -0.39 is 29.0 Å². The van der Waals surface area contributed by atoms with Crippen molar-refractivity contribution in [1.29, 1.82) is 0 Å².